The number of anilines is 1. The Kier molecular flexibility index (Phi) is 4.31. The first-order chi connectivity index (χ1) is 9.81. The minimum absolute atomic E-state index is 0.00832. The lowest BCUT2D eigenvalue weighted by molar-refractivity contribution is -0.384. The van der Waals surface area contributed by atoms with Gasteiger partial charge in [0.1, 0.15) is 9.92 Å². The third-order valence-corrected chi connectivity index (χ3v) is 4.59. The molecule has 0 aliphatic rings. The molecular formula is C11H7Cl2N3O4S. The number of sulfonamides is 1. The summed E-state index contributed by atoms with van der Waals surface area (Å²) in [7, 11) is -4.01. The first-order valence-corrected chi connectivity index (χ1v) is 7.61. The quantitative estimate of drug-likeness (QED) is 0.676. The number of hydrogen-bond donors (Lipinski definition) is 1. The Morgan fingerprint density at radius 3 is 2.52 bits per heavy atom. The SMILES string of the molecule is O=[N+]([O-])c1cc(NS(=O)(=O)c2cnccc2Cl)ccc1Cl. The molecule has 110 valence electrons. The van der Waals surface area contributed by atoms with E-state index in [2.05, 4.69) is 9.71 Å². The van der Waals surface area contributed by atoms with Gasteiger partial charge in [0.2, 0.25) is 0 Å². The van der Waals surface area contributed by atoms with Crippen LogP contribution >= 0.6 is 23.2 Å². The Bertz CT molecular complexity index is 811. The molecule has 0 unspecified atom stereocenters. The van der Waals surface area contributed by atoms with Crippen LogP contribution in [0, 0.1) is 10.1 Å². The van der Waals surface area contributed by atoms with Crippen LogP contribution in [-0.4, -0.2) is 18.3 Å². The summed E-state index contributed by atoms with van der Waals surface area (Å²) < 4.78 is 26.5. The van der Waals surface area contributed by atoms with Crippen LogP contribution in [0.15, 0.2) is 41.6 Å². The van der Waals surface area contributed by atoms with Crippen LogP contribution in [-0.2, 0) is 10.0 Å². The van der Waals surface area contributed by atoms with Crippen LogP contribution in [0.4, 0.5) is 11.4 Å². The van der Waals surface area contributed by atoms with Gasteiger partial charge in [-0.25, -0.2) is 8.42 Å². The number of pyridine rings is 1. The van der Waals surface area contributed by atoms with Gasteiger partial charge < -0.3 is 0 Å². The smallest absolute Gasteiger partial charge is 0.279 e. The highest BCUT2D eigenvalue weighted by atomic mass is 35.5. The molecule has 0 amide bonds. The van der Waals surface area contributed by atoms with E-state index in [-0.39, 0.29) is 20.6 Å². The number of nitro benzene ring substituents is 1. The zero-order chi connectivity index (χ0) is 15.6. The maximum atomic E-state index is 12.2. The van der Waals surface area contributed by atoms with Crippen molar-refractivity contribution in [3.8, 4) is 0 Å². The second kappa shape index (κ2) is 5.84. The van der Waals surface area contributed by atoms with Crippen molar-refractivity contribution in [2.24, 2.45) is 0 Å². The maximum Gasteiger partial charge on any atom is 0.289 e. The van der Waals surface area contributed by atoms with Crippen molar-refractivity contribution in [3.63, 3.8) is 0 Å². The van der Waals surface area contributed by atoms with E-state index in [0.29, 0.717) is 0 Å². The molecule has 0 fully saturated rings. The van der Waals surface area contributed by atoms with E-state index in [1.54, 1.807) is 0 Å². The molecule has 2 aromatic rings. The van der Waals surface area contributed by atoms with Crippen molar-refractivity contribution in [3.05, 3.63) is 56.8 Å². The predicted molar refractivity (Wildman–Crippen MR) is 78.2 cm³/mol. The summed E-state index contributed by atoms with van der Waals surface area (Å²) in [5.74, 6) is 0. The molecule has 21 heavy (non-hydrogen) atoms. The molecule has 2 rings (SSSR count). The van der Waals surface area contributed by atoms with Crippen molar-refractivity contribution in [1.82, 2.24) is 4.98 Å². The second-order valence-electron chi connectivity index (χ2n) is 3.83. The Balaban J connectivity index is 2.40. The highest BCUT2D eigenvalue weighted by molar-refractivity contribution is 7.92. The van der Waals surface area contributed by atoms with Crippen molar-refractivity contribution in [2.45, 2.75) is 4.90 Å². The molecule has 0 aliphatic carbocycles. The standard InChI is InChI=1S/C11H7Cl2N3O4S/c12-8-2-1-7(5-10(8)16(17)18)15-21(19,20)11-6-14-4-3-9(11)13/h1-6,15H. The Morgan fingerprint density at radius 1 is 1.19 bits per heavy atom. The third kappa shape index (κ3) is 3.41. The number of nitrogens with zero attached hydrogens (tertiary/aromatic N) is 2. The zero-order valence-electron chi connectivity index (χ0n) is 10.2. The number of aromatic nitrogens is 1. The fraction of sp³-hybridized carbons (Fsp3) is 0. The van der Waals surface area contributed by atoms with Gasteiger partial charge in [0.05, 0.1) is 15.6 Å². The molecule has 0 radical (unpaired) electrons. The van der Waals surface area contributed by atoms with Crippen LogP contribution in [0.5, 0.6) is 0 Å². The summed E-state index contributed by atoms with van der Waals surface area (Å²) in [6, 6.07) is 4.87. The average molecular weight is 348 g/mol. The van der Waals surface area contributed by atoms with E-state index in [0.717, 1.165) is 12.3 Å². The lowest BCUT2D eigenvalue weighted by atomic mass is 10.3. The molecule has 1 aromatic heterocycles. The second-order valence-corrected chi connectivity index (χ2v) is 6.30. The van der Waals surface area contributed by atoms with Gasteiger partial charge >= 0.3 is 0 Å². The molecule has 10 heteroatoms. The highest BCUT2D eigenvalue weighted by Crippen LogP contribution is 2.29. The topological polar surface area (TPSA) is 102 Å². The molecule has 0 aliphatic heterocycles. The van der Waals surface area contributed by atoms with E-state index in [1.807, 2.05) is 0 Å². The molecular weight excluding hydrogens is 341 g/mol. The van der Waals surface area contributed by atoms with Crippen molar-refractivity contribution in [2.75, 3.05) is 4.72 Å². The molecule has 0 saturated carbocycles. The molecule has 0 spiro atoms. The van der Waals surface area contributed by atoms with Crippen LogP contribution in [0.2, 0.25) is 10.0 Å². The molecule has 0 atom stereocenters. The predicted octanol–water partition coefficient (Wildman–Crippen LogP) is 3.10. The van der Waals surface area contributed by atoms with Crippen LogP contribution < -0.4 is 4.72 Å². The monoisotopic (exact) mass is 347 g/mol. The van der Waals surface area contributed by atoms with Gasteiger partial charge in [-0.15, -0.1) is 0 Å². The largest absolute Gasteiger partial charge is 0.289 e. The van der Waals surface area contributed by atoms with E-state index in [9.17, 15) is 18.5 Å². The Labute approximate surface area is 129 Å². The number of rotatable bonds is 4. The highest BCUT2D eigenvalue weighted by Gasteiger charge is 2.20. The fourth-order valence-electron chi connectivity index (χ4n) is 1.49. The van der Waals surface area contributed by atoms with Crippen molar-refractivity contribution in [1.29, 1.82) is 0 Å². The van der Waals surface area contributed by atoms with Gasteiger partial charge in [0.25, 0.3) is 15.7 Å². The zero-order valence-corrected chi connectivity index (χ0v) is 12.5. The summed E-state index contributed by atoms with van der Waals surface area (Å²) >= 11 is 11.4. The lowest BCUT2D eigenvalue weighted by Gasteiger charge is -2.09. The summed E-state index contributed by atoms with van der Waals surface area (Å²) in [6.45, 7) is 0. The van der Waals surface area contributed by atoms with Crippen LogP contribution in [0.25, 0.3) is 0 Å². The van der Waals surface area contributed by atoms with E-state index < -0.39 is 20.6 Å². The lowest BCUT2D eigenvalue weighted by Crippen LogP contribution is -2.13. The maximum absolute atomic E-state index is 12.2. The van der Waals surface area contributed by atoms with E-state index in [4.69, 9.17) is 23.2 Å². The number of benzene rings is 1. The fourth-order valence-corrected chi connectivity index (χ4v) is 3.15. The number of nitrogens with one attached hydrogen (secondary N) is 1. The summed E-state index contributed by atoms with van der Waals surface area (Å²) in [4.78, 5) is 13.5. The minimum atomic E-state index is -4.01. The first kappa shape index (κ1) is 15.5. The van der Waals surface area contributed by atoms with Gasteiger partial charge in [0.15, 0.2) is 0 Å². The van der Waals surface area contributed by atoms with Crippen molar-refractivity contribution < 1.29 is 13.3 Å². The normalized spacial score (nSPS) is 11.1. The van der Waals surface area contributed by atoms with Gasteiger partial charge in [-0.05, 0) is 18.2 Å². The van der Waals surface area contributed by atoms with Gasteiger partial charge in [-0.1, -0.05) is 23.2 Å². The molecule has 1 aromatic carbocycles. The van der Waals surface area contributed by atoms with E-state index in [1.165, 1.54) is 24.4 Å². The summed E-state index contributed by atoms with van der Waals surface area (Å²) in [5, 5.41) is 10.7. The third-order valence-electron chi connectivity index (χ3n) is 2.42. The van der Waals surface area contributed by atoms with Crippen molar-refractivity contribution >= 4 is 44.6 Å². The summed E-state index contributed by atoms with van der Waals surface area (Å²) in [5.41, 5.74) is -0.417. The summed E-state index contributed by atoms with van der Waals surface area (Å²) in [6.07, 6.45) is 2.42. The van der Waals surface area contributed by atoms with Crippen LogP contribution in [0.3, 0.4) is 0 Å². The first-order valence-electron chi connectivity index (χ1n) is 5.37. The molecule has 0 saturated heterocycles. The number of hydrogen-bond acceptors (Lipinski definition) is 5. The number of nitro groups is 1. The molecule has 0 bridgehead atoms. The van der Waals surface area contributed by atoms with Gasteiger partial charge in [-0.3, -0.25) is 19.8 Å². The molecule has 1 N–H and O–H groups in total. The van der Waals surface area contributed by atoms with E-state index >= 15 is 0 Å². The Hall–Kier alpha value is -1.90. The van der Waals surface area contributed by atoms with Gasteiger partial charge in [0, 0.05) is 18.5 Å². The van der Waals surface area contributed by atoms with Gasteiger partial charge in [-0.2, -0.15) is 0 Å². The average Bonchev–Trinajstić information content (AvgIpc) is 2.40. The Morgan fingerprint density at radius 2 is 1.90 bits per heavy atom. The van der Waals surface area contributed by atoms with Crippen LogP contribution in [0.1, 0.15) is 0 Å². The molecule has 7 nitrogen and oxygen atoms in total. The minimum Gasteiger partial charge on any atom is -0.279 e. The number of halogens is 2. The molecule has 1 heterocycles.